The number of carbonyl (C=O) groups is 2. The van der Waals surface area contributed by atoms with E-state index in [0.717, 1.165) is 4.90 Å². The van der Waals surface area contributed by atoms with E-state index in [2.05, 4.69) is 15.9 Å². The van der Waals surface area contributed by atoms with Crippen LogP contribution in [0.25, 0.3) is 0 Å². The standard InChI is InChI=1S/C10H5BrFNO2/c11-8-5-9(14)13(10(8)15)7-3-1-6(12)2-4-7/h1-5H. The molecule has 0 spiro atoms. The minimum atomic E-state index is -0.438. The van der Waals surface area contributed by atoms with Crippen molar-refractivity contribution in [2.24, 2.45) is 0 Å². The smallest absolute Gasteiger partial charge is 0.269 e. The van der Waals surface area contributed by atoms with Crippen LogP contribution in [0.2, 0.25) is 0 Å². The van der Waals surface area contributed by atoms with E-state index in [1.165, 1.54) is 30.3 Å². The first-order valence-corrected chi connectivity index (χ1v) is 4.90. The third kappa shape index (κ3) is 1.70. The molecule has 76 valence electrons. The molecular weight excluding hydrogens is 265 g/mol. The van der Waals surface area contributed by atoms with Gasteiger partial charge in [-0.25, -0.2) is 9.29 Å². The number of halogens is 2. The van der Waals surface area contributed by atoms with Crippen molar-refractivity contribution in [2.75, 3.05) is 4.90 Å². The van der Waals surface area contributed by atoms with Gasteiger partial charge in [0, 0.05) is 6.08 Å². The number of imide groups is 1. The normalized spacial score (nSPS) is 15.9. The van der Waals surface area contributed by atoms with Crippen LogP contribution in [0.5, 0.6) is 0 Å². The number of hydrogen-bond acceptors (Lipinski definition) is 2. The van der Waals surface area contributed by atoms with Crippen LogP contribution in [-0.4, -0.2) is 11.8 Å². The number of amides is 2. The van der Waals surface area contributed by atoms with E-state index in [4.69, 9.17) is 0 Å². The highest BCUT2D eigenvalue weighted by molar-refractivity contribution is 9.12. The van der Waals surface area contributed by atoms with Gasteiger partial charge < -0.3 is 0 Å². The summed E-state index contributed by atoms with van der Waals surface area (Å²) in [5.74, 6) is -1.28. The van der Waals surface area contributed by atoms with Gasteiger partial charge in [-0.05, 0) is 40.2 Å². The Balaban J connectivity index is 2.38. The van der Waals surface area contributed by atoms with Gasteiger partial charge in [-0.2, -0.15) is 0 Å². The van der Waals surface area contributed by atoms with Crippen molar-refractivity contribution in [1.82, 2.24) is 0 Å². The number of hydrogen-bond donors (Lipinski definition) is 0. The van der Waals surface area contributed by atoms with Gasteiger partial charge in [0.2, 0.25) is 0 Å². The quantitative estimate of drug-likeness (QED) is 0.732. The second kappa shape index (κ2) is 3.58. The Labute approximate surface area is 93.3 Å². The number of carbonyl (C=O) groups excluding carboxylic acids is 2. The summed E-state index contributed by atoms with van der Waals surface area (Å²) in [5, 5.41) is 0. The summed E-state index contributed by atoms with van der Waals surface area (Å²) in [6, 6.07) is 5.15. The van der Waals surface area contributed by atoms with Crippen LogP contribution < -0.4 is 4.90 Å². The lowest BCUT2D eigenvalue weighted by molar-refractivity contribution is -0.120. The van der Waals surface area contributed by atoms with Crippen LogP contribution >= 0.6 is 15.9 Å². The zero-order chi connectivity index (χ0) is 11.0. The van der Waals surface area contributed by atoms with E-state index >= 15 is 0 Å². The van der Waals surface area contributed by atoms with Crippen molar-refractivity contribution in [3.63, 3.8) is 0 Å². The van der Waals surface area contributed by atoms with Crippen LogP contribution in [0.3, 0.4) is 0 Å². The highest BCUT2D eigenvalue weighted by Gasteiger charge is 2.30. The van der Waals surface area contributed by atoms with Crippen molar-refractivity contribution in [1.29, 1.82) is 0 Å². The maximum absolute atomic E-state index is 12.6. The van der Waals surface area contributed by atoms with Crippen LogP contribution in [0.15, 0.2) is 34.8 Å². The number of nitrogens with zero attached hydrogens (tertiary/aromatic N) is 1. The SMILES string of the molecule is O=C1C=C(Br)C(=O)N1c1ccc(F)cc1. The lowest BCUT2D eigenvalue weighted by atomic mass is 10.3. The first-order chi connectivity index (χ1) is 7.09. The van der Waals surface area contributed by atoms with E-state index in [9.17, 15) is 14.0 Å². The molecule has 1 heterocycles. The number of rotatable bonds is 1. The average Bonchev–Trinajstić information content (AvgIpc) is 2.44. The average molecular weight is 270 g/mol. The fraction of sp³-hybridized carbons (Fsp3) is 0. The fourth-order valence-electron chi connectivity index (χ4n) is 1.28. The second-order valence-electron chi connectivity index (χ2n) is 2.95. The van der Waals surface area contributed by atoms with Gasteiger partial charge >= 0.3 is 0 Å². The van der Waals surface area contributed by atoms with Crippen molar-refractivity contribution in [3.05, 3.63) is 40.6 Å². The molecule has 1 aromatic rings. The second-order valence-corrected chi connectivity index (χ2v) is 3.80. The first kappa shape index (κ1) is 10.0. The zero-order valence-electron chi connectivity index (χ0n) is 7.41. The first-order valence-electron chi connectivity index (χ1n) is 4.11. The number of benzene rings is 1. The van der Waals surface area contributed by atoms with Crippen LogP contribution in [0.1, 0.15) is 0 Å². The molecule has 0 radical (unpaired) electrons. The molecule has 2 amide bonds. The summed E-state index contributed by atoms with van der Waals surface area (Å²) >= 11 is 2.97. The Kier molecular flexibility index (Phi) is 2.40. The lowest BCUT2D eigenvalue weighted by Gasteiger charge is -2.13. The minimum Gasteiger partial charge on any atom is -0.269 e. The lowest BCUT2D eigenvalue weighted by Crippen LogP contribution is -2.30. The molecule has 0 atom stereocenters. The molecule has 15 heavy (non-hydrogen) atoms. The molecule has 0 aliphatic carbocycles. The van der Waals surface area contributed by atoms with Gasteiger partial charge in [0.25, 0.3) is 11.8 Å². The Hall–Kier alpha value is -1.49. The molecule has 3 nitrogen and oxygen atoms in total. The zero-order valence-corrected chi connectivity index (χ0v) is 8.99. The van der Waals surface area contributed by atoms with Crippen LogP contribution in [0, 0.1) is 5.82 Å². The summed E-state index contributed by atoms with van der Waals surface area (Å²) in [6.45, 7) is 0. The van der Waals surface area contributed by atoms with Crippen molar-refractivity contribution in [3.8, 4) is 0 Å². The summed E-state index contributed by atoms with van der Waals surface area (Å²) in [6.07, 6.45) is 1.19. The highest BCUT2D eigenvalue weighted by atomic mass is 79.9. The summed E-state index contributed by atoms with van der Waals surface area (Å²) in [7, 11) is 0. The molecule has 0 fully saturated rings. The molecule has 1 aliphatic heterocycles. The van der Waals surface area contributed by atoms with Crippen LogP contribution in [-0.2, 0) is 9.59 Å². The van der Waals surface area contributed by atoms with E-state index in [1.54, 1.807) is 0 Å². The molecule has 2 rings (SSSR count). The predicted molar refractivity (Wildman–Crippen MR) is 55.9 cm³/mol. The molecule has 1 aliphatic rings. The predicted octanol–water partition coefficient (Wildman–Crippen LogP) is 1.98. The fourth-order valence-corrected chi connectivity index (χ4v) is 1.65. The van der Waals surface area contributed by atoms with Crippen LogP contribution in [0.4, 0.5) is 10.1 Å². The highest BCUT2D eigenvalue weighted by Crippen LogP contribution is 2.25. The van der Waals surface area contributed by atoms with E-state index in [-0.39, 0.29) is 4.48 Å². The van der Waals surface area contributed by atoms with Crippen molar-refractivity contribution < 1.29 is 14.0 Å². The summed E-state index contributed by atoms with van der Waals surface area (Å²) in [4.78, 5) is 23.9. The van der Waals surface area contributed by atoms with E-state index in [1.807, 2.05) is 0 Å². The van der Waals surface area contributed by atoms with Gasteiger partial charge in [0.05, 0.1) is 10.2 Å². The molecule has 0 saturated carbocycles. The summed E-state index contributed by atoms with van der Waals surface area (Å²) < 4.78 is 12.8. The molecule has 1 aromatic carbocycles. The minimum absolute atomic E-state index is 0.205. The molecule has 0 saturated heterocycles. The Morgan fingerprint density at radius 2 is 1.73 bits per heavy atom. The largest absolute Gasteiger partial charge is 0.272 e. The third-order valence-corrected chi connectivity index (χ3v) is 2.53. The van der Waals surface area contributed by atoms with E-state index in [0.29, 0.717) is 5.69 Å². The Morgan fingerprint density at radius 3 is 2.20 bits per heavy atom. The maximum atomic E-state index is 12.6. The van der Waals surface area contributed by atoms with Gasteiger partial charge in [0.15, 0.2) is 0 Å². The molecule has 0 aromatic heterocycles. The van der Waals surface area contributed by atoms with Crippen molar-refractivity contribution >= 4 is 33.4 Å². The topological polar surface area (TPSA) is 37.4 Å². The molecular formula is C10H5BrFNO2. The Bertz CT molecular complexity index is 467. The number of anilines is 1. The third-order valence-electron chi connectivity index (χ3n) is 1.96. The molecule has 5 heteroatoms. The maximum Gasteiger partial charge on any atom is 0.272 e. The van der Waals surface area contributed by atoms with Gasteiger partial charge in [0.1, 0.15) is 5.82 Å². The Morgan fingerprint density at radius 1 is 1.13 bits per heavy atom. The summed E-state index contributed by atoms with van der Waals surface area (Å²) in [5.41, 5.74) is 0.358. The monoisotopic (exact) mass is 269 g/mol. The van der Waals surface area contributed by atoms with E-state index < -0.39 is 17.6 Å². The van der Waals surface area contributed by atoms with Crippen molar-refractivity contribution in [2.45, 2.75) is 0 Å². The van der Waals surface area contributed by atoms with Gasteiger partial charge in [-0.3, -0.25) is 9.59 Å². The molecule has 0 unspecified atom stereocenters. The van der Waals surface area contributed by atoms with Gasteiger partial charge in [-0.15, -0.1) is 0 Å². The van der Waals surface area contributed by atoms with Gasteiger partial charge in [-0.1, -0.05) is 0 Å². The molecule has 0 bridgehead atoms. The molecule has 0 N–H and O–H groups in total.